The summed E-state index contributed by atoms with van der Waals surface area (Å²) in [5.74, 6) is 0.279. The van der Waals surface area contributed by atoms with Gasteiger partial charge in [0.05, 0.1) is 0 Å². The number of Topliss-reactive ketones (excluding diaryl/α,β-unsaturated/α-hetero) is 1. The second kappa shape index (κ2) is 8.24. The molecule has 0 spiro atoms. The van der Waals surface area contributed by atoms with E-state index in [9.17, 15) is 4.79 Å². The van der Waals surface area contributed by atoms with Gasteiger partial charge in [-0.1, -0.05) is 6.07 Å². The van der Waals surface area contributed by atoms with Gasteiger partial charge in [-0.3, -0.25) is 4.79 Å². The lowest BCUT2D eigenvalue weighted by Gasteiger charge is -2.34. The molecule has 29 heavy (non-hydrogen) atoms. The molecule has 1 aromatic carbocycles. The number of likely N-dealkylation sites (N-methyl/N-ethyl adjacent to an activating group) is 1. The van der Waals surface area contributed by atoms with E-state index >= 15 is 0 Å². The van der Waals surface area contributed by atoms with E-state index in [1.54, 1.807) is 17.4 Å². The Labute approximate surface area is 174 Å². The first-order valence-corrected chi connectivity index (χ1v) is 10.6. The SMILES string of the molecule is Cc1ccsc1-c1cc(N2CCN(C)CC2)ccc1CC(=O)c1ccc(C#N)o1. The van der Waals surface area contributed by atoms with Crippen molar-refractivity contribution in [3.8, 4) is 16.5 Å². The molecular formula is C23H23N3O2S. The highest BCUT2D eigenvalue weighted by atomic mass is 32.1. The van der Waals surface area contributed by atoms with Crippen LogP contribution < -0.4 is 4.90 Å². The van der Waals surface area contributed by atoms with Gasteiger partial charge in [0.2, 0.25) is 11.5 Å². The zero-order valence-corrected chi connectivity index (χ0v) is 17.5. The Morgan fingerprint density at radius 2 is 1.97 bits per heavy atom. The zero-order chi connectivity index (χ0) is 20.4. The highest BCUT2D eigenvalue weighted by Gasteiger charge is 2.20. The summed E-state index contributed by atoms with van der Waals surface area (Å²) < 4.78 is 5.33. The Balaban J connectivity index is 1.66. The van der Waals surface area contributed by atoms with Crippen molar-refractivity contribution < 1.29 is 9.21 Å². The fraction of sp³-hybridized carbons (Fsp3) is 0.304. The molecule has 0 bridgehead atoms. The molecule has 148 valence electrons. The van der Waals surface area contributed by atoms with Gasteiger partial charge in [0.25, 0.3) is 0 Å². The number of hydrogen-bond acceptors (Lipinski definition) is 6. The molecule has 0 saturated carbocycles. The number of benzene rings is 1. The van der Waals surface area contributed by atoms with Crippen molar-refractivity contribution in [2.75, 3.05) is 38.1 Å². The van der Waals surface area contributed by atoms with Crippen LogP contribution in [0.4, 0.5) is 5.69 Å². The molecule has 1 fully saturated rings. The van der Waals surface area contributed by atoms with Gasteiger partial charge in [-0.15, -0.1) is 11.3 Å². The Bertz CT molecular complexity index is 1070. The predicted molar refractivity (Wildman–Crippen MR) is 116 cm³/mol. The van der Waals surface area contributed by atoms with Crippen LogP contribution in [0.15, 0.2) is 46.2 Å². The van der Waals surface area contributed by atoms with E-state index in [1.807, 2.05) is 6.07 Å². The Kier molecular flexibility index (Phi) is 5.52. The first-order valence-electron chi connectivity index (χ1n) is 9.69. The van der Waals surface area contributed by atoms with Crippen LogP contribution in [0, 0.1) is 18.3 Å². The van der Waals surface area contributed by atoms with Crippen LogP contribution in [0.5, 0.6) is 0 Å². The van der Waals surface area contributed by atoms with E-state index in [-0.39, 0.29) is 23.7 Å². The topological polar surface area (TPSA) is 60.5 Å². The summed E-state index contributed by atoms with van der Waals surface area (Å²) in [5.41, 5.74) is 4.49. The van der Waals surface area contributed by atoms with Crippen molar-refractivity contribution in [1.29, 1.82) is 5.26 Å². The number of nitrogens with zero attached hydrogens (tertiary/aromatic N) is 3. The Morgan fingerprint density at radius 3 is 2.62 bits per heavy atom. The summed E-state index contributed by atoms with van der Waals surface area (Å²) in [5, 5.41) is 11.0. The van der Waals surface area contributed by atoms with Crippen molar-refractivity contribution in [2.45, 2.75) is 13.3 Å². The van der Waals surface area contributed by atoms with Gasteiger partial charge in [-0.25, -0.2) is 0 Å². The average Bonchev–Trinajstić information content (AvgIpc) is 3.38. The number of hydrogen-bond donors (Lipinski definition) is 0. The Morgan fingerprint density at radius 1 is 1.17 bits per heavy atom. The van der Waals surface area contributed by atoms with Crippen molar-refractivity contribution in [1.82, 2.24) is 4.90 Å². The molecule has 2 aromatic heterocycles. The van der Waals surface area contributed by atoms with Crippen LogP contribution in [0.25, 0.3) is 10.4 Å². The van der Waals surface area contributed by atoms with E-state index < -0.39 is 0 Å². The lowest BCUT2D eigenvalue weighted by molar-refractivity contribution is 0.0966. The number of carbonyl (C=O) groups is 1. The zero-order valence-electron chi connectivity index (χ0n) is 16.6. The number of rotatable bonds is 5. The minimum Gasteiger partial charge on any atom is -0.442 e. The van der Waals surface area contributed by atoms with E-state index in [0.29, 0.717) is 0 Å². The average molecular weight is 406 g/mol. The number of aryl methyl sites for hydroxylation is 1. The third-order valence-corrected chi connectivity index (χ3v) is 6.46. The normalized spacial score (nSPS) is 14.7. The number of thiophene rings is 1. The first kappa shape index (κ1) is 19.4. The Hall–Kier alpha value is -2.88. The number of furan rings is 1. The minimum absolute atomic E-state index is 0.116. The molecule has 6 heteroatoms. The monoisotopic (exact) mass is 405 g/mol. The molecule has 0 atom stereocenters. The second-order valence-corrected chi connectivity index (χ2v) is 8.36. The van der Waals surface area contributed by atoms with Crippen LogP contribution in [0.2, 0.25) is 0 Å². The molecular weight excluding hydrogens is 382 g/mol. The molecule has 0 aliphatic carbocycles. The quantitative estimate of drug-likeness (QED) is 0.590. The number of carbonyl (C=O) groups excluding carboxylic acids is 1. The van der Waals surface area contributed by atoms with Gasteiger partial charge in [0, 0.05) is 43.2 Å². The van der Waals surface area contributed by atoms with E-state index in [0.717, 1.165) is 37.3 Å². The molecule has 3 aromatic rings. The largest absolute Gasteiger partial charge is 0.442 e. The van der Waals surface area contributed by atoms with Crippen molar-refractivity contribution in [2.24, 2.45) is 0 Å². The second-order valence-electron chi connectivity index (χ2n) is 7.44. The molecule has 0 radical (unpaired) electrons. The number of nitriles is 1. The maximum atomic E-state index is 12.8. The summed E-state index contributed by atoms with van der Waals surface area (Å²) >= 11 is 1.70. The van der Waals surface area contributed by atoms with Gasteiger partial charge in [-0.2, -0.15) is 5.26 Å². The fourth-order valence-corrected chi connectivity index (χ4v) is 4.63. The summed E-state index contributed by atoms with van der Waals surface area (Å²) in [6.45, 7) is 6.20. The van der Waals surface area contributed by atoms with Crippen molar-refractivity contribution in [3.63, 3.8) is 0 Å². The van der Waals surface area contributed by atoms with Crippen LogP contribution in [0.3, 0.4) is 0 Å². The maximum absolute atomic E-state index is 12.8. The van der Waals surface area contributed by atoms with Crippen molar-refractivity contribution >= 4 is 22.8 Å². The first-order chi connectivity index (χ1) is 14.0. The standard InChI is InChI=1S/C23H23N3O2S/c1-16-7-12-29-23(16)20-14-18(26-10-8-25(2)9-11-26)4-3-17(20)13-21(27)22-6-5-19(15-24)28-22/h3-7,12,14H,8-11,13H2,1-2H3. The highest BCUT2D eigenvalue weighted by Crippen LogP contribution is 2.35. The van der Waals surface area contributed by atoms with Gasteiger partial charge in [-0.05, 0) is 66.4 Å². The van der Waals surface area contributed by atoms with Crippen LogP contribution in [-0.2, 0) is 6.42 Å². The van der Waals surface area contributed by atoms with Gasteiger partial charge < -0.3 is 14.2 Å². The highest BCUT2D eigenvalue weighted by molar-refractivity contribution is 7.13. The minimum atomic E-state index is -0.116. The third kappa shape index (κ3) is 4.12. The van der Waals surface area contributed by atoms with Crippen LogP contribution in [-0.4, -0.2) is 43.9 Å². The molecule has 4 rings (SSSR count). The smallest absolute Gasteiger partial charge is 0.204 e. The molecule has 5 nitrogen and oxygen atoms in total. The lowest BCUT2D eigenvalue weighted by Crippen LogP contribution is -2.44. The molecule has 0 amide bonds. The van der Waals surface area contributed by atoms with E-state index in [1.165, 1.54) is 22.2 Å². The van der Waals surface area contributed by atoms with E-state index in [2.05, 4.69) is 53.4 Å². The third-order valence-electron chi connectivity index (χ3n) is 5.41. The summed E-state index contributed by atoms with van der Waals surface area (Å²) in [4.78, 5) is 18.7. The number of piperazine rings is 1. The molecule has 0 unspecified atom stereocenters. The molecule has 1 aliphatic heterocycles. The number of anilines is 1. The maximum Gasteiger partial charge on any atom is 0.204 e. The molecule has 1 saturated heterocycles. The van der Waals surface area contributed by atoms with Gasteiger partial charge in [0.1, 0.15) is 6.07 Å². The van der Waals surface area contributed by atoms with E-state index in [4.69, 9.17) is 9.68 Å². The molecule has 3 heterocycles. The summed E-state index contributed by atoms with van der Waals surface area (Å²) in [6.07, 6.45) is 0.244. The van der Waals surface area contributed by atoms with Gasteiger partial charge in [0.15, 0.2) is 5.76 Å². The van der Waals surface area contributed by atoms with Crippen molar-refractivity contribution in [3.05, 3.63) is 64.4 Å². The summed E-state index contributed by atoms with van der Waals surface area (Å²) in [6, 6.07) is 13.5. The predicted octanol–water partition coefficient (Wildman–Crippen LogP) is 4.37. The fourth-order valence-electron chi connectivity index (χ4n) is 3.65. The molecule has 1 aliphatic rings. The van der Waals surface area contributed by atoms with Gasteiger partial charge >= 0.3 is 0 Å². The summed E-state index contributed by atoms with van der Waals surface area (Å²) in [7, 11) is 2.15. The van der Waals surface area contributed by atoms with Crippen LogP contribution >= 0.6 is 11.3 Å². The lowest BCUT2D eigenvalue weighted by atomic mass is 9.97. The number of ketones is 1. The molecule has 0 N–H and O–H groups in total. The van der Waals surface area contributed by atoms with Crippen LogP contribution in [0.1, 0.15) is 27.4 Å².